The van der Waals surface area contributed by atoms with Gasteiger partial charge < -0.3 is 9.80 Å². The SMILES string of the molecule is c1ccc(/C(=C(/c2ccccc2)c2ccc(-c3ccc(N(c4ccccc4)c4ccccc4)cc3)cc2)c2ccc(-c3ccc(N(c4ccccc4)c4ccccc4)cc3)cc2)cc1. The molecule has 0 spiro atoms. The van der Waals surface area contributed by atoms with Crippen LogP contribution in [0.2, 0.25) is 0 Å². The van der Waals surface area contributed by atoms with E-state index in [0.29, 0.717) is 0 Å². The minimum atomic E-state index is 1.11. The maximum Gasteiger partial charge on any atom is 0.0462 e. The quantitative estimate of drug-likeness (QED) is 0.113. The lowest BCUT2D eigenvalue weighted by Crippen LogP contribution is -2.09. The van der Waals surface area contributed by atoms with E-state index in [-0.39, 0.29) is 0 Å². The molecule has 10 aromatic carbocycles. The molecule has 0 radical (unpaired) electrons. The molecule has 2 nitrogen and oxygen atoms in total. The third kappa shape index (κ3) is 8.54. The Labute approximate surface area is 377 Å². The summed E-state index contributed by atoms with van der Waals surface area (Å²) in [4.78, 5) is 4.59. The average Bonchev–Trinajstić information content (AvgIpc) is 3.38. The minimum Gasteiger partial charge on any atom is -0.311 e. The molecule has 0 unspecified atom stereocenters. The molecule has 0 fully saturated rings. The van der Waals surface area contributed by atoms with E-state index in [2.05, 4.69) is 289 Å². The Hall–Kier alpha value is -8.46. The Balaban J connectivity index is 0.992. The van der Waals surface area contributed by atoms with Gasteiger partial charge >= 0.3 is 0 Å². The predicted molar refractivity (Wildman–Crippen MR) is 271 cm³/mol. The van der Waals surface area contributed by atoms with Crippen molar-refractivity contribution in [2.24, 2.45) is 0 Å². The molecule has 0 amide bonds. The van der Waals surface area contributed by atoms with Gasteiger partial charge in [0, 0.05) is 34.1 Å². The van der Waals surface area contributed by atoms with Gasteiger partial charge in [0.15, 0.2) is 0 Å². The summed E-state index contributed by atoms with van der Waals surface area (Å²) in [6.45, 7) is 0. The molecule has 0 N–H and O–H groups in total. The maximum absolute atomic E-state index is 2.30. The van der Waals surface area contributed by atoms with E-state index in [1.807, 2.05) is 0 Å². The smallest absolute Gasteiger partial charge is 0.0462 e. The van der Waals surface area contributed by atoms with Crippen molar-refractivity contribution in [2.75, 3.05) is 9.80 Å². The summed E-state index contributed by atoms with van der Waals surface area (Å²) >= 11 is 0. The van der Waals surface area contributed by atoms with Gasteiger partial charge in [-0.1, -0.05) is 206 Å². The molecule has 0 heterocycles. The van der Waals surface area contributed by atoms with Crippen LogP contribution in [-0.2, 0) is 0 Å². The van der Waals surface area contributed by atoms with Gasteiger partial charge in [-0.2, -0.15) is 0 Å². The topological polar surface area (TPSA) is 6.48 Å². The average molecular weight is 819 g/mol. The molecule has 0 aliphatic carbocycles. The molecule has 0 saturated heterocycles. The molecule has 10 aromatic rings. The highest BCUT2D eigenvalue weighted by molar-refractivity contribution is 6.05. The number of anilines is 6. The second kappa shape index (κ2) is 18.7. The first kappa shape index (κ1) is 39.7. The van der Waals surface area contributed by atoms with Crippen LogP contribution in [0.25, 0.3) is 33.4 Å². The zero-order valence-corrected chi connectivity index (χ0v) is 35.5. The van der Waals surface area contributed by atoms with Crippen molar-refractivity contribution in [3.05, 3.63) is 301 Å². The highest BCUT2D eigenvalue weighted by atomic mass is 15.1. The third-order valence-corrected chi connectivity index (χ3v) is 11.7. The van der Waals surface area contributed by atoms with Crippen molar-refractivity contribution in [3.8, 4) is 22.3 Å². The molecule has 0 aromatic heterocycles. The highest BCUT2D eigenvalue weighted by Crippen LogP contribution is 2.40. The van der Waals surface area contributed by atoms with Crippen molar-refractivity contribution in [3.63, 3.8) is 0 Å². The standard InChI is InChI=1S/C62H46N2/c1-7-19-51(20-8-1)61(53-35-31-47(32-36-53)49-39-43-59(44-40-49)63(55-23-11-3-12-24-55)56-25-13-4-14-26-56)62(52-21-9-2-10-22-52)54-37-33-48(34-38-54)50-41-45-60(46-42-50)64(57-27-15-5-16-28-57)58-29-17-6-18-30-58/h1-46H/b62-61+. The van der Waals surface area contributed by atoms with Crippen LogP contribution in [-0.4, -0.2) is 0 Å². The fourth-order valence-electron chi connectivity index (χ4n) is 8.59. The molecular formula is C62H46N2. The van der Waals surface area contributed by atoms with Gasteiger partial charge in [0.1, 0.15) is 0 Å². The van der Waals surface area contributed by atoms with E-state index in [1.165, 1.54) is 44.5 Å². The first-order chi connectivity index (χ1) is 31.8. The van der Waals surface area contributed by atoms with Crippen LogP contribution < -0.4 is 9.80 Å². The zero-order chi connectivity index (χ0) is 42.9. The van der Waals surface area contributed by atoms with E-state index in [0.717, 1.165) is 45.3 Å². The van der Waals surface area contributed by atoms with Gasteiger partial charge in [-0.25, -0.2) is 0 Å². The Morgan fingerprint density at radius 3 is 0.609 bits per heavy atom. The van der Waals surface area contributed by atoms with Crippen molar-refractivity contribution in [1.29, 1.82) is 0 Å². The number of hydrogen-bond donors (Lipinski definition) is 0. The zero-order valence-electron chi connectivity index (χ0n) is 35.5. The van der Waals surface area contributed by atoms with Gasteiger partial charge in [0.2, 0.25) is 0 Å². The summed E-state index contributed by atoms with van der Waals surface area (Å²) < 4.78 is 0. The van der Waals surface area contributed by atoms with E-state index >= 15 is 0 Å². The summed E-state index contributed by atoms with van der Waals surface area (Å²) in [6.07, 6.45) is 0. The van der Waals surface area contributed by atoms with Crippen LogP contribution in [0.5, 0.6) is 0 Å². The van der Waals surface area contributed by atoms with Crippen LogP contribution in [0.4, 0.5) is 34.1 Å². The summed E-state index contributed by atoms with van der Waals surface area (Å²) in [5.41, 5.74) is 18.4. The lowest BCUT2D eigenvalue weighted by atomic mass is 9.85. The number of hydrogen-bond acceptors (Lipinski definition) is 2. The Bertz CT molecular complexity index is 2760. The van der Waals surface area contributed by atoms with Gasteiger partial charge in [-0.15, -0.1) is 0 Å². The van der Waals surface area contributed by atoms with Crippen LogP contribution in [0, 0.1) is 0 Å². The Morgan fingerprint density at radius 1 is 0.172 bits per heavy atom. The molecule has 64 heavy (non-hydrogen) atoms. The van der Waals surface area contributed by atoms with E-state index < -0.39 is 0 Å². The number of rotatable bonds is 12. The number of para-hydroxylation sites is 4. The largest absolute Gasteiger partial charge is 0.311 e. The summed E-state index contributed by atoms with van der Waals surface area (Å²) in [5.74, 6) is 0. The molecular weight excluding hydrogens is 773 g/mol. The van der Waals surface area contributed by atoms with Crippen LogP contribution in [0.15, 0.2) is 279 Å². The Kier molecular flexibility index (Phi) is 11.6. The molecule has 0 atom stereocenters. The number of nitrogens with zero attached hydrogens (tertiary/aromatic N) is 2. The fraction of sp³-hybridized carbons (Fsp3) is 0. The van der Waals surface area contributed by atoms with Crippen LogP contribution in [0.3, 0.4) is 0 Å². The van der Waals surface area contributed by atoms with E-state index in [9.17, 15) is 0 Å². The highest BCUT2D eigenvalue weighted by Gasteiger charge is 2.18. The van der Waals surface area contributed by atoms with Gasteiger partial charge in [-0.05, 0) is 128 Å². The lowest BCUT2D eigenvalue weighted by molar-refractivity contribution is 1.28. The first-order valence-corrected chi connectivity index (χ1v) is 21.8. The Morgan fingerprint density at radius 2 is 0.359 bits per heavy atom. The molecule has 0 aliphatic rings. The molecule has 0 bridgehead atoms. The molecule has 0 saturated carbocycles. The van der Waals surface area contributed by atoms with Crippen molar-refractivity contribution in [2.45, 2.75) is 0 Å². The monoisotopic (exact) mass is 818 g/mol. The summed E-state index contributed by atoms with van der Waals surface area (Å²) in [6, 6.07) is 99.7. The van der Waals surface area contributed by atoms with E-state index in [4.69, 9.17) is 0 Å². The fourth-order valence-corrected chi connectivity index (χ4v) is 8.59. The molecule has 2 heteroatoms. The second-order valence-electron chi connectivity index (χ2n) is 15.7. The summed E-state index contributed by atoms with van der Waals surface area (Å²) in [5, 5.41) is 0. The minimum absolute atomic E-state index is 1.11. The normalized spacial score (nSPS) is 11.4. The van der Waals surface area contributed by atoms with E-state index in [1.54, 1.807) is 0 Å². The summed E-state index contributed by atoms with van der Waals surface area (Å²) in [7, 11) is 0. The van der Waals surface area contributed by atoms with Gasteiger partial charge in [0.25, 0.3) is 0 Å². The van der Waals surface area contributed by atoms with Gasteiger partial charge in [0.05, 0.1) is 0 Å². The second-order valence-corrected chi connectivity index (χ2v) is 15.7. The number of benzene rings is 10. The molecule has 0 aliphatic heterocycles. The maximum atomic E-state index is 2.30. The van der Waals surface area contributed by atoms with Crippen molar-refractivity contribution < 1.29 is 0 Å². The third-order valence-electron chi connectivity index (χ3n) is 11.7. The molecule has 304 valence electrons. The van der Waals surface area contributed by atoms with Crippen LogP contribution >= 0.6 is 0 Å². The lowest BCUT2D eigenvalue weighted by Gasteiger charge is -2.25. The van der Waals surface area contributed by atoms with Crippen LogP contribution in [0.1, 0.15) is 22.3 Å². The van der Waals surface area contributed by atoms with Gasteiger partial charge in [-0.3, -0.25) is 0 Å². The first-order valence-electron chi connectivity index (χ1n) is 21.8. The van der Waals surface area contributed by atoms with Crippen molar-refractivity contribution >= 4 is 45.3 Å². The molecule has 10 rings (SSSR count). The predicted octanol–water partition coefficient (Wildman–Crippen LogP) is 17.0. The van der Waals surface area contributed by atoms with Crippen molar-refractivity contribution in [1.82, 2.24) is 0 Å².